The van der Waals surface area contributed by atoms with Gasteiger partial charge in [-0.25, -0.2) is 0 Å². The number of aliphatic hydroxyl groups excluding tert-OH is 3. The van der Waals surface area contributed by atoms with Crippen LogP contribution >= 0.6 is 0 Å². The van der Waals surface area contributed by atoms with Gasteiger partial charge in [0.15, 0.2) is 0 Å². The fourth-order valence-corrected chi connectivity index (χ4v) is 3.78. The summed E-state index contributed by atoms with van der Waals surface area (Å²) in [5.74, 6) is 0. The molecule has 0 amide bonds. The van der Waals surface area contributed by atoms with Gasteiger partial charge in [-0.05, 0) is 25.7 Å². The molecule has 1 saturated heterocycles. The number of ether oxygens (including phenoxy) is 2. The van der Waals surface area contributed by atoms with E-state index in [-0.39, 0.29) is 13.2 Å². The summed E-state index contributed by atoms with van der Waals surface area (Å²) in [5, 5.41) is 29.1. The normalized spacial score (nSPS) is 23.2. The van der Waals surface area contributed by atoms with Crippen LogP contribution in [0, 0.1) is 0 Å². The molecule has 1 heterocycles. The zero-order valence-electron chi connectivity index (χ0n) is 18.6. The van der Waals surface area contributed by atoms with E-state index in [1.54, 1.807) is 0 Å². The van der Waals surface area contributed by atoms with Crippen LogP contribution in [0.3, 0.4) is 0 Å². The van der Waals surface area contributed by atoms with Crippen molar-refractivity contribution in [2.24, 2.45) is 0 Å². The first-order valence-corrected chi connectivity index (χ1v) is 12.0. The van der Waals surface area contributed by atoms with E-state index in [4.69, 9.17) is 9.47 Å². The van der Waals surface area contributed by atoms with Gasteiger partial charge in [-0.1, -0.05) is 83.3 Å². The summed E-state index contributed by atoms with van der Waals surface area (Å²) >= 11 is 0. The molecule has 0 aliphatic carbocycles. The third-order valence-corrected chi connectivity index (χ3v) is 5.67. The van der Waals surface area contributed by atoms with E-state index < -0.39 is 24.4 Å². The monoisotopic (exact) mass is 414 g/mol. The molecule has 0 saturated carbocycles. The van der Waals surface area contributed by atoms with Gasteiger partial charge in [-0.15, -0.1) is 0 Å². The van der Waals surface area contributed by atoms with Crippen molar-refractivity contribution in [1.82, 2.24) is 0 Å². The van der Waals surface area contributed by atoms with Crippen molar-refractivity contribution in [3.8, 4) is 0 Å². The maximum atomic E-state index is 9.95. The summed E-state index contributed by atoms with van der Waals surface area (Å²) in [6, 6.07) is 0. The highest BCUT2D eigenvalue weighted by atomic mass is 16.5. The molecule has 5 heteroatoms. The molecule has 1 rings (SSSR count). The van der Waals surface area contributed by atoms with Gasteiger partial charge in [0.1, 0.15) is 24.4 Å². The van der Waals surface area contributed by atoms with Gasteiger partial charge in [-0.3, -0.25) is 0 Å². The summed E-state index contributed by atoms with van der Waals surface area (Å²) < 4.78 is 10.7. The maximum absolute atomic E-state index is 9.95. The average Bonchev–Trinajstić information content (AvgIpc) is 3.05. The molecule has 29 heavy (non-hydrogen) atoms. The Balaban J connectivity index is 1.75. The second kappa shape index (κ2) is 18.3. The number of allylic oxidation sites excluding steroid dienone is 2. The van der Waals surface area contributed by atoms with Crippen molar-refractivity contribution >= 4 is 0 Å². The van der Waals surface area contributed by atoms with E-state index >= 15 is 0 Å². The van der Waals surface area contributed by atoms with E-state index in [0.29, 0.717) is 6.61 Å². The number of aliphatic hydroxyl groups is 3. The van der Waals surface area contributed by atoms with Gasteiger partial charge in [0.2, 0.25) is 0 Å². The SMILES string of the molecule is CC/C=C/CCCCCCCCCCCCCCOC[C@H](O)[C@H]1OC[C@@H](O)[C@H]1O. The van der Waals surface area contributed by atoms with Crippen molar-refractivity contribution in [3.63, 3.8) is 0 Å². The van der Waals surface area contributed by atoms with E-state index in [9.17, 15) is 15.3 Å². The van der Waals surface area contributed by atoms with Crippen LogP contribution in [-0.4, -0.2) is 59.6 Å². The van der Waals surface area contributed by atoms with Crippen LogP contribution in [-0.2, 0) is 9.47 Å². The van der Waals surface area contributed by atoms with Gasteiger partial charge < -0.3 is 24.8 Å². The highest BCUT2D eigenvalue weighted by Gasteiger charge is 2.39. The maximum Gasteiger partial charge on any atom is 0.114 e. The molecule has 0 aromatic heterocycles. The number of hydrogen-bond acceptors (Lipinski definition) is 5. The fourth-order valence-electron chi connectivity index (χ4n) is 3.78. The van der Waals surface area contributed by atoms with Gasteiger partial charge in [0.05, 0.1) is 13.2 Å². The molecule has 0 radical (unpaired) electrons. The predicted octanol–water partition coefficient (Wildman–Crippen LogP) is 4.52. The zero-order chi connectivity index (χ0) is 21.2. The largest absolute Gasteiger partial charge is 0.388 e. The lowest BCUT2D eigenvalue weighted by molar-refractivity contribution is -0.0813. The first-order valence-electron chi connectivity index (χ1n) is 12.0. The van der Waals surface area contributed by atoms with Crippen molar-refractivity contribution in [2.45, 2.75) is 121 Å². The van der Waals surface area contributed by atoms with Crippen LogP contribution in [0.15, 0.2) is 12.2 Å². The number of rotatable bonds is 19. The molecule has 0 aromatic rings. The smallest absolute Gasteiger partial charge is 0.114 e. The highest BCUT2D eigenvalue weighted by Crippen LogP contribution is 2.18. The third kappa shape index (κ3) is 13.5. The minimum Gasteiger partial charge on any atom is -0.388 e. The second-order valence-electron chi connectivity index (χ2n) is 8.41. The Kier molecular flexibility index (Phi) is 16.8. The quantitative estimate of drug-likeness (QED) is 0.214. The van der Waals surface area contributed by atoms with Gasteiger partial charge in [-0.2, -0.15) is 0 Å². The Labute approximate surface area is 178 Å². The Morgan fingerprint density at radius 2 is 1.41 bits per heavy atom. The highest BCUT2D eigenvalue weighted by molar-refractivity contribution is 4.87. The van der Waals surface area contributed by atoms with Gasteiger partial charge in [0.25, 0.3) is 0 Å². The third-order valence-electron chi connectivity index (χ3n) is 5.67. The van der Waals surface area contributed by atoms with Crippen LogP contribution in [0.4, 0.5) is 0 Å². The molecular formula is C24H46O5. The number of hydrogen-bond donors (Lipinski definition) is 3. The Bertz CT molecular complexity index is 387. The Hall–Kier alpha value is -0.460. The molecule has 0 bridgehead atoms. The minimum atomic E-state index is -1.03. The van der Waals surface area contributed by atoms with Crippen LogP contribution in [0.25, 0.3) is 0 Å². The predicted molar refractivity (Wildman–Crippen MR) is 118 cm³/mol. The van der Waals surface area contributed by atoms with Gasteiger partial charge >= 0.3 is 0 Å². The van der Waals surface area contributed by atoms with Gasteiger partial charge in [0, 0.05) is 6.61 Å². The van der Waals surface area contributed by atoms with Crippen molar-refractivity contribution in [2.75, 3.05) is 19.8 Å². The van der Waals surface area contributed by atoms with Crippen molar-refractivity contribution in [3.05, 3.63) is 12.2 Å². The van der Waals surface area contributed by atoms with E-state index in [1.165, 1.54) is 70.6 Å². The summed E-state index contributed by atoms with van der Waals surface area (Å²) in [7, 11) is 0. The van der Waals surface area contributed by atoms with E-state index in [0.717, 1.165) is 19.3 Å². The first kappa shape index (κ1) is 26.6. The molecule has 0 unspecified atom stereocenters. The number of unbranched alkanes of at least 4 members (excludes halogenated alkanes) is 12. The van der Waals surface area contributed by atoms with E-state index in [2.05, 4.69) is 19.1 Å². The van der Waals surface area contributed by atoms with Crippen LogP contribution in [0.2, 0.25) is 0 Å². The standard InChI is InChI=1S/C24H46O5/c1-2-3-4-5-6-7-8-9-10-11-12-13-14-15-16-17-18-28-19-22(26)24-23(27)21(25)20-29-24/h3-4,21-27H,2,5-20H2,1H3/b4-3+/t21-,22+,23-,24-/m1/s1. The Morgan fingerprint density at radius 3 is 1.93 bits per heavy atom. The summed E-state index contributed by atoms with van der Waals surface area (Å²) in [6.45, 7) is 3.02. The molecule has 172 valence electrons. The van der Waals surface area contributed by atoms with Crippen LogP contribution < -0.4 is 0 Å². The lowest BCUT2D eigenvalue weighted by Crippen LogP contribution is -2.40. The lowest BCUT2D eigenvalue weighted by Gasteiger charge is -2.20. The molecule has 4 atom stereocenters. The van der Waals surface area contributed by atoms with Crippen LogP contribution in [0.1, 0.15) is 96.8 Å². The molecule has 1 aliphatic rings. The lowest BCUT2D eigenvalue weighted by atomic mass is 10.0. The molecular weight excluding hydrogens is 368 g/mol. The molecule has 0 aromatic carbocycles. The Morgan fingerprint density at radius 1 is 0.862 bits per heavy atom. The molecule has 0 spiro atoms. The molecule has 1 fully saturated rings. The van der Waals surface area contributed by atoms with Crippen LogP contribution in [0.5, 0.6) is 0 Å². The van der Waals surface area contributed by atoms with Crippen molar-refractivity contribution < 1.29 is 24.8 Å². The van der Waals surface area contributed by atoms with E-state index in [1.807, 2.05) is 0 Å². The second-order valence-corrected chi connectivity index (χ2v) is 8.41. The zero-order valence-corrected chi connectivity index (χ0v) is 18.6. The fraction of sp³-hybridized carbons (Fsp3) is 0.917. The molecule has 3 N–H and O–H groups in total. The minimum absolute atomic E-state index is 0.0693. The summed E-state index contributed by atoms with van der Waals surface area (Å²) in [6.07, 6.45) is 19.1. The molecule has 1 aliphatic heterocycles. The average molecular weight is 415 g/mol. The summed E-state index contributed by atoms with van der Waals surface area (Å²) in [5.41, 5.74) is 0. The topological polar surface area (TPSA) is 79.2 Å². The summed E-state index contributed by atoms with van der Waals surface area (Å²) in [4.78, 5) is 0. The van der Waals surface area contributed by atoms with Crippen molar-refractivity contribution in [1.29, 1.82) is 0 Å². The molecule has 5 nitrogen and oxygen atoms in total. The first-order chi connectivity index (χ1) is 14.2.